The Morgan fingerprint density at radius 2 is 2.00 bits per heavy atom. The highest BCUT2D eigenvalue weighted by molar-refractivity contribution is 5.39. The van der Waals surface area contributed by atoms with Crippen LogP contribution in [0.15, 0.2) is 6.20 Å². The van der Waals surface area contributed by atoms with E-state index in [0.29, 0.717) is 0 Å². The van der Waals surface area contributed by atoms with Crippen molar-refractivity contribution in [1.82, 2.24) is 14.7 Å². The van der Waals surface area contributed by atoms with Gasteiger partial charge in [-0.1, -0.05) is 0 Å². The van der Waals surface area contributed by atoms with Crippen LogP contribution in [0.2, 0.25) is 0 Å². The summed E-state index contributed by atoms with van der Waals surface area (Å²) in [6.07, 6.45) is 1.88. The average molecular weight is 238 g/mol. The van der Waals surface area contributed by atoms with Crippen molar-refractivity contribution in [3.8, 4) is 0 Å². The molecule has 0 aliphatic carbocycles. The Labute approximate surface area is 103 Å². The molecule has 2 heterocycles. The Bertz CT molecular complexity index is 374. The SMILES string of the molecule is CC(C)(C)n1ncc(CN2CCOCC2)c1N. The average Bonchev–Trinajstić information content (AvgIpc) is 2.61. The second-order valence-corrected chi connectivity index (χ2v) is 5.53. The summed E-state index contributed by atoms with van der Waals surface area (Å²) in [5.74, 6) is 0.781. The van der Waals surface area contributed by atoms with E-state index in [1.165, 1.54) is 0 Å². The molecule has 1 aliphatic rings. The van der Waals surface area contributed by atoms with Gasteiger partial charge in [-0.25, -0.2) is 4.68 Å². The van der Waals surface area contributed by atoms with Gasteiger partial charge in [0.25, 0.3) is 0 Å². The lowest BCUT2D eigenvalue weighted by molar-refractivity contribution is 0.0342. The van der Waals surface area contributed by atoms with Crippen molar-refractivity contribution in [3.63, 3.8) is 0 Å². The third kappa shape index (κ3) is 2.79. The van der Waals surface area contributed by atoms with Crippen molar-refractivity contribution >= 4 is 5.82 Å². The number of ether oxygens (including phenoxy) is 1. The molecule has 2 N–H and O–H groups in total. The highest BCUT2D eigenvalue weighted by Crippen LogP contribution is 2.22. The van der Waals surface area contributed by atoms with Crippen LogP contribution in [-0.4, -0.2) is 41.0 Å². The van der Waals surface area contributed by atoms with Crippen molar-refractivity contribution in [3.05, 3.63) is 11.8 Å². The molecule has 0 atom stereocenters. The molecule has 2 rings (SSSR count). The van der Waals surface area contributed by atoms with Crippen LogP contribution in [-0.2, 0) is 16.8 Å². The molecule has 5 nitrogen and oxygen atoms in total. The zero-order chi connectivity index (χ0) is 12.5. The minimum absolute atomic E-state index is 0.0622. The fourth-order valence-electron chi connectivity index (χ4n) is 2.05. The van der Waals surface area contributed by atoms with Gasteiger partial charge in [-0.05, 0) is 20.8 Å². The number of nitrogen functional groups attached to an aromatic ring is 1. The quantitative estimate of drug-likeness (QED) is 0.837. The first-order chi connectivity index (χ1) is 7.98. The number of nitrogens with two attached hydrogens (primary N) is 1. The summed E-state index contributed by atoms with van der Waals surface area (Å²) in [5, 5.41) is 4.39. The molecule has 1 saturated heterocycles. The van der Waals surface area contributed by atoms with Crippen molar-refractivity contribution < 1.29 is 4.74 Å². The molecule has 0 radical (unpaired) electrons. The summed E-state index contributed by atoms with van der Waals surface area (Å²) in [4.78, 5) is 2.35. The van der Waals surface area contributed by atoms with E-state index in [0.717, 1.165) is 44.2 Å². The Morgan fingerprint density at radius 1 is 1.35 bits per heavy atom. The Morgan fingerprint density at radius 3 is 2.53 bits per heavy atom. The first kappa shape index (κ1) is 12.4. The van der Waals surface area contributed by atoms with Crippen molar-refractivity contribution in [2.24, 2.45) is 0 Å². The molecule has 5 heteroatoms. The molecule has 1 aliphatic heterocycles. The van der Waals surface area contributed by atoms with Gasteiger partial charge in [-0.15, -0.1) is 0 Å². The van der Waals surface area contributed by atoms with Crippen molar-refractivity contribution in [1.29, 1.82) is 0 Å². The molecule has 0 amide bonds. The molecule has 1 fully saturated rings. The normalized spacial score (nSPS) is 18.5. The topological polar surface area (TPSA) is 56.3 Å². The summed E-state index contributed by atoms with van der Waals surface area (Å²) in [7, 11) is 0. The summed E-state index contributed by atoms with van der Waals surface area (Å²) >= 11 is 0. The van der Waals surface area contributed by atoms with Crippen molar-refractivity contribution in [2.75, 3.05) is 32.0 Å². The van der Waals surface area contributed by atoms with Gasteiger partial charge in [0, 0.05) is 25.2 Å². The summed E-state index contributed by atoms with van der Waals surface area (Å²) < 4.78 is 7.23. The van der Waals surface area contributed by atoms with Gasteiger partial charge in [0.1, 0.15) is 5.82 Å². The van der Waals surface area contributed by atoms with Crippen LogP contribution in [0.4, 0.5) is 5.82 Å². The van der Waals surface area contributed by atoms with Gasteiger partial charge < -0.3 is 10.5 Å². The Kier molecular flexibility index (Phi) is 3.40. The predicted molar refractivity (Wildman–Crippen MR) is 67.7 cm³/mol. The lowest BCUT2D eigenvalue weighted by atomic mass is 10.1. The smallest absolute Gasteiger partial charge is 0.126 e. The largest absolute Gasteiger partial charge is 0.384 e. The number of hydrogen-bond donors (Lipinski definition) is 1. The van der Waals surface area contributed by atoms with Crippen LogP contribution >= 0.6 is 0 Å². The molecule has 1 aromatic rings. The van der Waals surface area contributed by atoms with E-state index in [1.807, 2.05) is 10.9 Å². The maximum absolute atomic E-state index is 6.15. The molecule has 0 aromatic carbocycles. The Hall–Kier alpha value is -1.07. The highest BCUT2D eigenvalue weighted by atomic mass is 16.5. The second-order valence-electron chi connectivity index (χ2n) is 5.53. The fourth-order valence-corrected chi connectivity index (χ4v) is 2.05. The van der Waals surface area contributed by atoms with Crippen LogP contribution in [0.25, 0.3) is 0 Å². The van der Waals surface area contributed by atoms with Gasteiger partial charge >= 0.3 is 0 Å². The number of nitrogens with zero attached hydrogens (tertiary/aromatic N) is 3. The molecular weight excluding hydrogens is 216 g/mol. The highest BCUT2D eigenvalue weighted by Gasteiger charge is 2.20. The maximum Gasteiger partial charge on any atom is 0.126 e. The predicted octanol–water partition coefficient (Wildman–Crippen LogP) is 1.05. The molecule has 0 bridgehead atoms. The van der Waals surface area contributed by atoms with Gasteiger partial charge in [0.15, 0.2) is 0 Å². The first-order valence-electron chi connectivity index (χ1n) is 6.11. The fraction of sp³-hybridized carbons (Fsp3) is 0.750. The van der Waals surface area contributed by atoms with Gasteiger partial charge in [-0.3, -0.25) is 4.90 Å². The maximum atomic E-state index is 6.15. The molecule has 0 unspecified atom stereocenters. The van der Waals surface area contributed by atoms with E-state index in [2.05, 4.69) is 30.8 Å². The lowest BCUT2D eigenvalue weighted by Gasteiger charge is -2.26. The molecular formula is C12H22N4O. The molecule has 17 heavy (non-hydrogen) atoms. The molecule has 0 spiro atoms. The zero-order valence-corrected chi connectivity index (χ0v) is 10.9. The van der Waals surface area contributed by atoms with E-state index >= 15 is 0 Å². The lowest BCUT2D eigenvalue weighted by Crippen LogP contribution is -2.35. The van der Waals surface area contributed by atoms with Crippen LogP contribution in [0, 0.1) is 0 Å². The minimum atomic E-state index is -0.0622. The number of aromatic nitrogens is 2. The van der Waals surface area contributed by atoms with Crippen LogP contribution in [0.3, 0.4) is 0 Å². The van der Waals surface area contributed by atoms with E-state index in [1.54, 1.807) is 0 Å². The number of anilines is 1. The summed E-state index contributed by atoms with van der Waals surface area (Å²) in [6, 6.07) is 0. The summed E-state index contributed by atoms with van der Waals surface area (Å²) in [6.45, 7) is 10.8. The number of morpholine rings is 1. The van der Waals surface area contributed by atoms with Crippen LogP contribution in [0.5, 0.6) is 0 Å². The summed E-state index contributed by atoms with van der Waals surface area (Å²) in [5.41, 5.74) is 7.20. The molecule has 96 valence electrons. The monoisotopic (exact) mass is 238 g/mol. The van der Waals surface area contributed by atoms with Crippen LogP contribution < -0.4 is 5.73 Å². The zero-order valence-electron chi connectivity index (χ0n) is 10.9. The standard InChI is InChI=1S/C12H22N4O/c1-12(2,3)16-11(13)10(8-14-16)9-15-4-6-17-7-5-15/h8H,4-7,9,13H2,1-3H3. The molecule has 1 aromatic heterocycles. The Balaban J connectivity index is 2.09. The van der Waals surface area contributed by atoms with E-state index in [-0.39, 0.29) is 5.54 Å². The van der Waals surface area contributed by atoms with Gasteiger partial charge in [-0.2, -0.15) is 5.10 Å². The number of hydrogen-bond acceptors (Lipinski definition) is 4. The minimum Gasteiger partial charge on any atom is -0.384 e. The first-order valence-corrected chi connectivity index (χ1v) is 6.11. The van der Waals surface area contributed by atoms with E-state index in [9.17, 15) is 0 Å². The second kappa shape index (κ2) is 4.66. The van der Waals surface area contributed by atoms with Gasteiger partial charge in [0.2, 0.25) is 0 Å². The van der Waals surface area contributed by atoms with E-state index < -0.39 is 0 Å². The van der Waals surface area contributed by atoms with Gasteiger partial charge in [0.05, 0.1) is 24.9 Å². The van der Waals surface area contributed by atoms with Crippen LogP contribution in [0.1, 0.15) is 26.3 Å². The van der Waals surface area contributed by atoms with E-state index in [4.69, 9.17) is 10.5 Å². The van der Waals surface area contributed by atoms with Crippen molar-refractivity contribution in [2.45, 2.75) is 32.9 Å². The third-order valence-corrected chi connectivity index (χ3v) is 3.02. The number of rotatable bonds is 2. The third-order valence-electron chi connectivity index (χ3n) is 3.02. The molecule has 0 saturated carbocycles.